The number of rotatable bonds is 2. The molecule has 1 aliphatic rings. The number of nitrogens with two attached hydrogens (primary N) is 1. The summed E-state index contributed by atoms with van der Waals surface area (Å²) in [6.07, 6.45) is 0.904. The van der Waals surface area contributed by atoms with Crippen molar-refractivity contribution in [2.24, 2.45) is 5.73 Å². The van der Waals surface area contributed by atoms with Crippen molar-refractivity contribution >= 4 is 11.6 Å². The Hall–Kier alpha value is -1.55. The summed E-state index contributed by atoms with van der Waals surface area (Å²) >= 11 is 0. The molecule has 0 spiro atoms. The highest BCUT2D eigenvalue weighted by atomic mass is 16.5. The van der Waals surface area contributed by atoms with E-state index in [9.17, 15) is 4.79 Å². The van der Waals surface area contributed by atoms with Gasteiger partial charge in [-0.1, -0.05) is 12.1 Å². The van der Waals surface area contributed by atoms with Gasteiger partial charge in [-0.3, -0.25) is 4.79 Å². The average Bonchev–Trinajstić information content (AvgIpc) is 2.66. The minimum Gasteiger partial charge on any atom is -0.491 e. The molecule has 1 amide bonds. The first-order chi connectivity index (χ1) is 6.81. The third-order valence-corrected chi connectivity index (χ3v) is 2.17. The number of benzene rings is 1. The number of nitrogens with one attached hydrogen (secondary N) is 1. The van der Waals surface area contributed by atoms with Gasteiger partial charge in [0.15, 0.2) is 0 Å². The first-order valence-electron chi connectivity index (χ1n) is 4.56. The number of amides is 1. The first-order valence-corrected chi connectivity index (χ1v) is 4.56. The van der Waals surface area contributed by atoms with E-state index in [1.807, 2.05) is 18.2 Å². The van der Waals surface area contributed by atoms with Gasteiger partial charge >= 0.3 is 0 Å². The molecule has 0 aliphatic carbocycles. The molecular formula is C10H12N2O2. The Bertz CT molecular complexity index is 363. The zero-order valence-electron chi connectivity index (χ0n) is 7.75. The second-order valence-corrected chi connectivity index (χ2v) is 3.14. The minimum absolute atomic E-state index is 0.0103. The van der Waals surface area contributed by atoms with E-state index in [0.29, 0.717) is 6.61 Å². The molecule has 0 saturated heterocycles. The lowest BCUT2D eigenvalue weighted by molar-refractivity contribution is -0.114. The number of para-hydroxylation sites is 1. The summed E-state index contributed by atoms with van der Waals surface area (Å²) < 4.78 is 5.42. The monoisotopic (exact) mass is 192 g/mol. The molecular weight excluding hydrogens is 180 g/mol. The summed E-state index contributed by atoms with van der Waals surface area (Å²) in [7, 11) is 0. The average molecular weight is 192 g/mol. The van der Waals surface area contributed by atoms with Crippen LogP contribution in [0.25, 0.3) is 0 Å². The predicted octanol–water partition coefficient (Wildman–Crippen LogP) is 0.519. The molecule has 14 heavy (non-hydrogen) atoms. The molecule has 3 N–H and O–H groups in total. The molecule has 1 aliphatic heterocycles. The predicted molar refractivity (Wildman–Crippen MR) is 53.3 cm³/mol. The van der Waals surface area contributed by atoms with E-state index in [1.165, 1.54) is 0 Å². The fourth-order valence-electron chi connectivity index (χ4n) is 1.51. The number of anilines is 1. The second kappa shape index (κ2) is 3.67. The van der Waals surface area contributed by atoms with Crippen molar-refractivity contribution < 1.29 is 9.53 Å². The maximum absolute atomic E-state index is 11.1. The Morgan fingerprint density at radius 2 is 2.43 bits per heavy atom. The van der Waals surface area contributed by atoms with Gasteiger partial charge in [-0.25, -0.2) is 0 Å². The molecule has 1 heterocycles. The quantitative estimate of drug-likeness (QED) is 0.718. The third-order valence-electron chi connectivity index (χ3n) is 2.17. The van der Waals surface area contributed by atoms with Crippen LogP contribution in [0.1, 0.15) is 5.56 Å². The van der Waals surface area contributed by atoms with Gasteiger partial charge in [0.05, 0.1) is 18.8 Å². The van der Waals surface area contributed by atoms with E-state index in [2.05, 4.69) is 5.32 Å². The molecule has 74 valence electrons. The van der Waals surface area contributed by atoms with Crippen molar-refractivity contribution in [2.45, 2.75) is 6.42 Å². The lowest BCUT2D eigenvalue weighted by atomic mass is 10.1. The standard InChI is InChI=1S/C10H12N2O2/c11-6-9(13)12-8-3-1-2-7-4-5-14-10(7)8/h1-3H,4-6,11H2,(H,12,13). The van der Waals surface area contributed by atoms with Crippen LogP contribution in [0.5, 0.6) is 5.75 Å². The van der Waals surface area contributed by atoms with Crippen LogP contribution < -0.4 is 15.8 Å². The van der Waals surface area contributed by atoms with Crippen molar-refractivity contribution in [3.05, 3.63) is 23.8 Å². The summed E-state index contributed by atoms with van der Waals surface area (Å²) in [6.45, 7) is 0.675. The molecule has 1 aromatic rings. The first kappa shape index (κ1) is 9.02. The summed E-state index contributed by atoms with van der Waals surface area (Å²) in [5.74, 6) is 0.586. The number of carbonyl (C=O) groups is 1. The lowest BCUT2D eigenvalue weighted by Crippen LogP contribution is -2.22. The fraction of sp³-hybridized carbons (Fsp3) is 0.300. The van der Waals surface area contributed by atoms with E-state index in [0.717, 1.165) is 23.4 Å². The fourth-order valence-corrected chi connectivity index (χ4v) is 1.51. The van der Waals surface area contributed by atoms with Crippen molar-refractivity contribution in [3.63, 3.8) is 0 Å². The zero-order chi connectivity index (χ0) is 9.97. The molecule has 4 heteroatoms. The molecule has 2 rings (SSSR count). The topological polar surface area (TPSA) is 64.4 Å². The normalized spacial score (nSPS) is 13.2. The van der Waals surface area contributed by atoms with Crippen molar-refractivity contribution in [2.75, 3.05) is 18.5 Å². The van der Waals surface area contributed by atoms with Gasteiger partial charge < -0.3 is 15.8 Å². The second-order valence-electron chi connectivity index (χ2n) is 3.14. The highest BCUT2D eigenvalue weighted by molar-refractivity contribution is 5.93. The Kier molecular flexibility index (Phi) is 2.37. The number of hydrogen-bond donors (Lipinski definition) is 2. The molecule has 0 saturated carbocycles. The van der Waals surface area contributed by atoms with Crippen LogP contribution in [0, 0.1) is 0 Å². The number of ether oxygens (including phenoxy) is 1. The molecule has 0 aromatic heterocycles. The SMILES string of the molecule is NCC(=O)Nc1cccc2c1OCC2. The zero-order valence-corrected chi connectivity index (χ0v) is 7.75. The molecule has 0 atom stereocenters. The van der Waals surface area contributed by atoms with Crippen LogP contribution in [0.3, 0.4) is 0 Å². The molecule has 1 aromatic carbocycles. The van der Waals surface area contributed by atoms with Crippen LogP contribution in [-0.4, -0.2) is 19.1 Å². The van der Waals surface area contributed by atoms with Crippen LogP contribution in [0.2, 0.25) is 0 Å². The van der Waals surface area contributed by atoms with E-state index in [4.69, 9.17) is 10.5 Å². The van der Waals surface area contributed by atoms with Crippen molar-refractivity contribution in [3.8, 4) is 5.75 Å². The van der Waals surface area contributed by atoms with Crippen LogP contribution in [0.4, 0.5) is 5.69 Å². The maximum atomic E-state index is 11.1. The van der Waals surface area contributed by atoms with Crippen LogP contribution in [0.15, 0.2) is 18.2 Å². The van der Waals surface area contributed by atoms with Gasteiger partial charge in [0, 0.05) is 6.42 Å². The third kappa shape index (κ3) is 1.56. The Balaban J connectivity index is 2.26. The van der Waals surface area contributed by atoms with Gasteiger partial charge in [0.1, 0.15) is 5.75 Å². The van der Waals surface area contributed by atoms with Gasteiger partial charge in [0.25, 0.3) is 0 Å². The van der Waals surface area contributed by atoms with E-state index in [1.54, 1.807) is 0 Å². The van der Waals surface area contributed by atoms with Crippen molar-refractivity contribution in [1.82, 2.24) is 0 Å². The number of fused-ring (bicyclic) bond motifs is 1. The summed E-state index contributed by atoms with van der Waals surface area (Å²) in [5, 5.41) is 2.70. The van der Waals surface area contributed by atoms with Gasteiger partial charge in [-0.05, 0) is 11.6 Å². The van der Waals surface area contributed by atoms with Crippen LogP contribution in [-0.2, 0) is 11.2 Å². The minimum atomic E-state index is -0.200. The Labute approximate surface area is 82.1 Å². The molecule has 4 nitrogen and oxygen atoms in total. The number of hydrogen-bond acceptors (Lipinski definition) is 3. The van der Waals surface area contributed by atoms with E-state index in [-0.39, 0.29) is 12.5 Å². The highest BCUT2D eigenvalue weighted by Gasteiger charge is 2.16. The molecule has 0 unspecified atom stereocenters. The largest absolute Gasteiger partial charge is 0.491 e. The lowest BCUT2D eigenvalue weighted by Gasteiger charge is -2.08. The summed E-state index contributed by atoms with van der Waals surface area (Å²) in [4.78, 5) is 11.1. The maximum Gasteiger partial charge on any atom is 0.238 e. The van der Waals surface area contributed by atoms with Crippen molar-refractivity contribution in [1.29, 1.82) is 0 Å². The molecule has 0 radical (unpaired) electrons. The van der Waals surface area contributed by atoms with Gasteiger partial charge in [-0.15, -0.1) is 0 Å². The smallest absolute Gasteiger partial charge is 0.238 e. The van der Waals surface area contributed by atoms with Gasteiger partial charge in [0.2, 0.25) is 5.91 Å². The molecule has 0 fully saturated rings. The Morgan fingerprint density at radius 3 is 3.21 bits per heavy atom. The van der Waals surface area contributed by atoms with Crippen LogP contribution >= 0.6 is 0 Å². The highest BCUT2D eigenvalue weighted by Crippen LogP contribution is 2.33. The molecule has 0 bridgehead atoms. The number of carbonyl (C=O) groups excluding carboxylic acids is 1. The van der Waals surface area contributed by atoms with E-state index < -0.39 is 0 Å². The summed E-state index contributed by atoms with van der Waals surface area (Å²) in [6, 6.07) is 5.72. The Morgan fingerprint density at radius 1 is 1.57 bits per heavy atom. The van der Waals surface area contributed by atoms with Gasteiger partial charge in [-0.2, -0.15) is 0 Å². The summed E-state index contributed by atoms with van der Waals surface area (Å²) in [5.41, 5.74) is 7.07. The van der Waals surface area contributed by atoms with E-state index >= 15 is 0 Å².